The molecule has 2 N–H and O–H groups in total. The van der Waals surface area contributed by atoms with Gasteiger partial charge < -0.3 is 15.5 Å². The molecule has 0 aliphatic carbocycles. The summed E-state index contributed by atoms with van der Waals surface area (Å²) >= 11 is 3.38. The largest absolute Gasteiger partial charge is 0.349 e. The van der Waals surface area contributed by atoms with Gasteiger partial charge in [0.25, 0.3) is 0 Å². The molecule has 0 saturated carbocycles. The molecule has 2 rings (SSSR count). The Morgan fingerprint density at radius 1 is 1.03 bits per heavy atom. The van der Waals surface area contributed by atoms with E-state index < -0.39 is 6.04 Å². The number of halogens is 1. The molecule has 0 saturated heterocycles. The van der Waals surface area contributed by atoms with E-state index in [0.717, 1.165) is 26.9 Å². The van der Waals surface area contributed by atoms with Gasteiger partial charge in [-0.3, -0.25) is 14.4 Å². The van der Waals surface area contributed by atoms with Crippen LogP contribution < -0.4 is 10.6 Å². The Bertz CT molecular complexity index is 876. The van der Waals surface area contributed by atoms with E-state index in [4.69, 9.17) is 0 Å². The van der Waals surface area contributed by atoms with Crippen molar-refractivity contribution in [2.75, 3.05) is 18.9 Å². The Kier molecular flexibility index (Phi) is 7.96. The summed E-state index contributed by atoms with van der Waals surface area (Å²) in [4.78, 5) is 38.1. The number of para-hydroxylation sites is 1. The molecule has 29 heavy (non-hydrogen) atoms. The standard InChI is InChI=1S/C22H26BrN3O3/c1-14-6-5-7-15(2)22(14)25-20(28)13-26(4)21(29)12-19(24-16(3)27)17-8-10-18(23)11-9-17/h5-11,19H,12-13H2,1-4H3,(H,24,27)(H,25,28). The molecule has 0 radical (unpaired) electrons. The van der Waals surface area contributed by atoms with Crippen molar-refractivity contribution in [3.63, 3.8) is 0 Å². The fourth-order valence-corrected chi connectivity index (χ4v) is 3.28. The van der Waals surface area contributed by atoms with E-state index in [0.29, 0.717) is 0 Å². The maximum absolute atomic E-state index is 12.7. The molecule has 1 unspecified atom stereocenters. The van der Waals surface area contributed by atoms with Crippen LogP contribution in [0.15, 0.2) is 46.9 Å². The SMILES string of the molecule is CC(=O)NC(CC(=O)N(C)CC(=O)Nc1c(C)cccc1C)c1ccc(Br)cc1. The highest BCUT2D eigenvalue weighted by molar-refractivity contribution is 9.10. The van der Waals surface area contributed by atoms with Crippen LogP contribution in [0.3, 0.4) is 0 Å². The molecule has 0 heterocycles. The first-order valence-corrected chi connectivity index (χ1v) is 10.1. The average molecular weight is 460 g/mol. The number of aryl methyl sites for hydroxylation is 2. The van der Waals surface area contributed by atoms with Gasteiger partial charge in [0.15, 0.2) is 0 Å². The number of rotatable bonds is 7. The molecule has 7 heteroatoms. The van der Waals surface area contributed by atoms with Gasteiger partial charge in [0.1, 0.15) is 0 Å². The van der Waals surface area contributed by atoms with Crippen LogP contribution in [-0.2, 0) is 14.4 Å². The molecule has 1 atom stereocenters. The Labute approximate surface area is 179 Å². The second-order valence-electron chi connectivity index (χ2n) is 7.07. The quantitative estimate of drug-likeness (QED) is 0.661. The third-order valence-electron chi connectivity index (χ3n) is 4.58. The van der Waals surface area contributed by atoms with Crippen molar-refractivity contribution in [1.82, 2.24) is 10.2 Å². The minimum atomic E-state index is -0.461. The van der Waals surface area contributed by atoms with Crippen molar-refractivity contribution in [2.24, 2.45) is 0 Å². The number of benzene rings is 2. The molecule has 0 aromatic heterocycles. The third kappa shape index (κ3) is 6.71. The minimum absolute atomic E-state index is 0.0639. The summed E-state index contributed by atoms with van der Waals surface area (Å²) in [6.07, 6.45) is 0.0639. The van der Waals surface area contributed by atoms with Crippen LogP contribution in [0, 0.1) is 13.8 Å². The molecule has 3 amide bonds. The lowest BCUT2D eigenvalue weighted by atomic mass is 10.0. The molecular weight excluding hydrogens is 434 g/mol. The number of hydrogen-bond donors (Lipinski definition) is 2. The number of anilines is 1. The number of carbonyl (C=O) groups is 3. The smallest absolute Gasteiger partial charge is 0.243 e. The second-order valence-corrected chi connectivity index (χ2v) is 7.99. The molecule has 0 aliphatic rings. The van der Waals surface area contributed by atoms with Crippen molar-refractivity contribution in [1.29, 1.82) is 0 Å². The van der Waals surface area contributed by atoms with Crippen LogP contribution in [-0.4, -0.2) is 36.2 Å². The van der Waals surface area contributed by atoms with E-state index >= 15 is 0 Å². The Morgan fingerprint density at radius 2 is 1.62 bits per heavy atom. The summed E-state index contributed by atoms with van der Waals surface area (Å²) in [7, 11) is 1.58. The van der Waals surface area contributed by atoms with Crippen molar-refractivity contribution in [3.05, 3.63) is 63.6 Å². The van der Waals surface area contributed by atoms with E-state index in [9.17, 15) is 14.4 Å². The number of carbonyl (C=O) groups excluding carboxylic acids is 3. The summed E-state index contributed by atoms with van der Waals surface area (Å²) < 4.78 is 0.912. The second kappa shape index (κ2) is 10.2. The molecule has 0 spiro atoms. The Balaban J connectivity index is 2.02. The summed E-state index contributed by atoms with van der Waals surface area (Å²) in [6, 6.07) is 12.7. The van der Waals surface area contributed by atoms with Crippen LogP contribution in [0.4, 0.5) is 5.69 Å². The zero-order chi connectivity index (χ0) is 21.6. The first kappa shape index (κ1) is 22.6. The molecule has 0 bridgehead atoms. The van der Waals surface area contributed by atoms with Crippen molar-refractivity contribution >= 4 is 39.3 Å². The fourth-order valence-electron chi connectivity index (χ4n) is 3.02. The van der Waals surface area contributed by atoms with Crippen molar-refractivity contribution in [3.8, 4) is 0 Å². The molecule has 2 aromatic rings. The van der Waals surface area contributed by atoms with Gasteiger partial charge in [-0.25, -0.2) is 0 Å². The van der Waals surface area contributed by atoms with Gasteiger partial charge in [-0.05, 0) is 42.7 Å². The molecule has 154 valence electrons. The topological polar surface area (TPSA) is 78.5 Å². The number of hydrogen-bond acceptors (Lipinski definition) is 3. The van der Waals surface area contributed by atoms with Gasteiger partial charge >= 0.3 is 0 Å². The zero-order valence-corrected chi connectivity index (χ0v) is 18.7. The van der Waals surface area contributed by atoms with Crippen LogP contribution in [0.5, 0.6) is 0 Å². The van der Waals surface area contributed by atoms with Gasteiger partial charge in [0.05, 0.1) is 19.0 Å². The summed E-state index contributed by atoms with van der Waals surface area (Å²) in [6.45, 7) is 5.19. The van der Waals surface area contributed by atoms with Gasteiger partial charge in [-0.15, -0.1) is 0 Å². The highest BCUT2D eigenvalue weighted by Gasteiger charge is 2.21. The lowest BCUT2D eigenvalue weighted by Crippen LogP contribution is -2.38. The van der Waals surface area contributed by atoms with Gasteiger partial charge in [0, 0.05) is 24.1 Å². The average Bonchev–Trinajstić information content (AvgIpc) is 2.64. The zero-order valence-electron chi connectivity index (χ0n) is 17.1. The van der Waals surface area contributed by atoms with Gasteiger partial charge in [-0.2, -0.15) is 0 Å². The molecule has 6 nitrogen and oxygen atoms in total. The van der Waals surface area contributed by atoms with Gasteiger partial charge in [0.2, 0.25) is 17.7 Å². The number of likely N-dealkylation sites (N-methyl/N-ethyl adjacent to an activating group) is 1. The minimum Gasteiger partial charge on any atom is -0.349 e. The number of nitrogens with one attached hydrogen (secondary N) is 2. The maximum Gasteiger partial charge on any atom is 0.243 e. The Hall–Kier alpha value is -2.67. The Morgan fingerprint density at radius 3 is 2.17 bits per heavy atom. The maximum atomic E-state index is 12.7. The molecular formula is C22H26BrN3O3. The van der Waals surface area contributed by atoms with Crippen LogP contribution in [0.2, 0.25) is 0 Å². The molecule has 2 aromatic carbocycles. The molecule has 0 fully saturated rings. The predicted octanol–water partition coefficient (Wildman–Crippen LogP) is 3.73. The van der Waals surface area contributed by atoms with E-state index in [1.165, 1.54) is 11.8 Å². The highest BCUT2D eigenvalue weighted by Crippen LogP contribution is 2.21. The van der Waals surface area contributed by atoms with Crippen LogP contribution >= 0.6 is 15.9 Å². The summed E-state index contributed by atoms with van der Waals surface area (Å²) in [5.74, 6) is -0.720. The van der Waals surface area contributed by atoms with E-state index in [1.807, 2.05) is 56.3 Å². The molecule has 0 aliphatic heterocycles. The summed E-state index contributed by atoms with van der Waals surface area (Å²) in [5, 5.41) is 5.69. The lowest BCUT2D eigenvalue weighted by Gasteiger charge is -2.23. The highest BCUT2D eigenvalue weighted by atomic mass is 79.9. The van der Waals surface area contributed by atoms with E-state index in [1.54, 1.807) is 7.05 Å². The predicted molar refractivity (Wildman–Crippen MR) is 117 cm³/mol. The van der Waals surface area contributed by atoms with Crippen LogP contribution in [0.25, 0.3) is 0 Å². The van der Waals surface area contributed by atoms with Gasteiger partial charge in [-0.1, -0.05) is 46.3 Å². The monoisotopic (exact) mass is 459 g/mol. The summed E-state index contributed by atoms with van der Waals surface area (Å²) in [5.41, 5.74) is 3.52. The number of amides is 3. The number of nitrogens with zero attached hydrogens (tertiary/aromatic N) is 1. The fraction of sp³-hybridized carbons (Fsp3) is 0.318. The van der Waals surface area contributed by atoms with E-state index in [-0.39, 0.29) is 30.7 Å². The third-order valence-corrected chi connectivity index (χ3v) is 5.11. The van der Waals surface area contributed by atoms with Crippen LogP contribution in [0.1, 0.15) is 36.1 Å². The first-order valence-electron chi connectivity index (χ1n) is 9.30. The lowest BCUT2D eigenvalue weighted by molar-refractivity contribution is -0.134. The van der Waals surface area contributed by atoms with Crippen molar-refractivity contribution in [2.45, 2.75) is 33.2 Å². The van der Waals surface area contributed by atoms with Crippen molar-refractivity contribution < 1.29 is 14.4 Å². The normalized spacial score (nSPS) is 11.5. The first-order chi connectivity index (χ1) is 13.7. The van der Waals surface area contributed by atoms with E-state index in [2.05, 4.69) is 26.6 Å².